The summed E-state index contributed by atoms with van der Waals surface area (Å²) in [5.74, 6) is 2.13. The van der Waals surface area contributed by atoms with Crippen LogP contribution in [0.4, 0.5) is 0 Å². The normalized spacial score (nSPS) is 20.4. The third kappa shape index (κ3) is 3.27. The lowest BCUT2D eigenvalue weighted by molar-refractivity contribution is 0.0903. The van der Waals surface area contributed by atoms with E-state index in [1.54, 1.807) is 7.11 Å². The van der Waals surface area contributed by atoms with Crippen molar-refractivity contribution in [3.63, 3.8) is 0 Å². The maximum Gasteiger partial charge on any atom is 0.176 e. The van der Waals surface area contributed by atoms with Crippen molar-refractivity contribution in [2.45, 2.75) is 19.1 Å². The summed E-state index contributed by atoms with van der Waals surface area (Å²) < 4.78 is 19.0. The highest BCUT2D eigenvalue weighted by Crippen LogP contribution is 2.34. The average molecular weight is 341 g/mol. The number of furan rings is 1. The third-order valence-corrected chi connectivity index (χ3v) is 4.75. The SMILES string of the molecule is COc1cccc2cc(CNCC3CCOC3c3cnn(C)c3)oc12. The van der Waals surface area contributed by atoms with E-state index >= 15 is 0 Å². The summed E-state index contributed by atoms with van der Waals surface area (Å²) in [6.45, 7) is 2.37. The van der Waals surface area contributed by atoms with Crippen LogP contribution in [-0.2, 0) is 18.3 Å². The minimum Gasteiger partial charge on any atom is -0.493 e. The monoisotopic (exact) mass is 341 g/mol. The largest absolute Gasteiger partial charge is 0.493 e. The molecule has 0 amide bonds. The Balaban J connectivity index is 1.39. The van der Waals surface area contributed by atoms with Crippen LogP contribution in [0.3, 0.4) is 0 Å². The molecule has 132 valence electrons. The second-order valence-corrected chi connectivity index (χ2v) is 6.51. The zero-order valence-corrected chi connectivity index (χ0v) is 14.6. The Hall–Kier alpha value is -2.31. The molecule has 1 saturated heterocycles. The average Bonchev–Trinajstić information content (AvgIpc) is 3.33. The van der Waals surface area contributed by atoms with Crippen LogP contribution < -0.4 is 10.1 Å². The number of ether oxygens (including phenoxy) is 2. The number of hydrogen-bond donors (Lipinski definition) is 1. The third-order valence-electron chi connectivity index (χ3n) is 4.75. The molecule has 25 heavy (non-hydrogen) atoms. The number of para-hydroxylation sites is 1. The molecular weight excluding hydrogens is 318 g/mol. The molecule has 3 heterocycles. The van der Waals surface area contributed by atoms with Gasteiger partial charge in [0.1, 0.15) is 5.76 Å². The summed E-state index contributed by atoms with van der Waals surface area (Å²) in [7, 11) is 3.59. The van der Waals surface area contributed by atoms with Crippen LogP contribution in [-0.4, -0.2) is 30.0 Å². The highest BCUT2D eigenvalue weighted by Gasteiger charge is 2.30. The van der Waals surface area contributed by atoms with Crippen molar-refractivity contribution in [2.75, 3.05) is 20.3 Å². The van der Waals surface area contributed by atoms with Crippen molar-refractivity contribution in [1.82, 2.24) is 15.1 Å². The molecule has 6 heteroatoms. The lowest BCUT2D eigenvalue weighted by Crippen LogP contribution is -2.24. The fourth-order valence-electron chi connectivity index (χ4n) is 3.52. The first kappa shape index (κ1) is 16.2. The van der Waals surface area contributed by atoms with Crippen molar-refractivity contribution < 1.29 is 13.9 Å². The molecule has 2 unspecified atom stereocenters. The number of methoxy groups -OCH3 is 1. The Morgan fingerprint density at radius 1 is 1.40 bits per heavy atom. The van der Waals surface area contributed by atoms with Crippen LogP contribution in [0.5, 0.6) is 5.75 Å². The number of benzene rings is 1. The number of nitrogens with one attached hydrogen (secondary N) is 1. The standard InChI is InChI=1S/C19H23N3O3/c1-22-12-15(10-21-22)18-14(6-7-24-18)9-20-11-16-8-13-4-3-5-17(23-2)19(13)25-16/h3-5,8,10,12,14,18,20H,6-7,9,11H2,1-2H3. The Morgan fingerprint density at radius 3 is 3.12 bits per heavy atom. The minimum absolute atomic E-state index is 0.122. The zero-order chi connectivity index (χ0) is 17.2. The molecule has 6 nitrogen and oxygen atoms in total. The van der Waals surface area contributed by atoms with Crippen LogP contribution >= 0.6 is 0 Å². The Bertz CT molecular complexity index is 855. The van der Waals surface area contributed by atoms with E-state index < -0.39 is 0 Å². The van der Waals surface area contributed by atoms with E-state index in [2.05, 4.69) is 16.5 Å². The van der Waals surface area contributed by atoms with Gasteiger partial charge < -0.3 is 19.2 Å². The molecule has 1 fully saturated rings. The molecule has 0 radical (unpaired) electrons. The molecule has 1 aliphatic rings. The second-order valence-electron chi connectivity index (χ2n) is 6.51. The molecule has 3 aromatic rings. The predicted molar refractivity (Wildman–Crippen MR) is 94.5 cm³/mol. The molecule has 4 rings (SSSR count). The number of nitrogens with zero attached hydrogens (tertiary/aromatic N) is 2. The zero-order valence-electron chi connectivity index (χ0n) is 14.6. The number of rotatable bonds is 6. The van der Waals surface area contributed by atoms with E-state index in [-0.39, 0.29) is 6.10 Å². The summed E-state index contributed by atoms with van der Waals surface area (Å²) >= 11 is 0. The molecule has 0 bridgehead atoms. The highest BCUT2D eigenvalue weighted by atomic mass is 16.5. The van der Waals surface area contributed by atoms with Gasteiger partial charge in [0.25, 0.3) is 0 Å². The van der Waals surface area contributed by atoms with Gasteiger partial charge in [-0.25, -0.2) is 0 Å². The summed E-state index contributed by atoms with van der Waals surface area (Å²) in [5, 5.41) is 8.82. The van der Waals surface area contributed by atoms with E-state index in [0.29, 0.717) is 12.5 Å². The number of aryl methyl sites for hydroxylation is 1. The van der Waals surface area contributed by atoms with Gasteiger partial charge in [-0.3, -0.25) is 4.68 Å². The van der Waals surface area contributed by atoms with Crippen molar-refractivity contribution in [3.05, 3.63) is 48.0 Å². The summed E-state index contributed by atoms with van der Waals surface area (Å²) in [5.41, 5.74) is 1.96. The highest BCUT2D eigenvalue weighted by molar-refractivity contribution is 5.83. The summed E-state index contributed by atoms with van der Waals surface area (Å²) in [6.07, 6.45) is 5.11. The maximum absolute atomic E-state index is 5.94. The minimum atomic E-state index is 0.122. The molecule has 1 aliphatic heterocycles. The summed E-state index contributed by atoms with van der Waals surface area (Å²) in [4.78, 5) is 0. The van der Waals surface area contributed by atoms with Gasteiger partial charge in [-0.05, 0) is 18.6 Å². The van der Waals surface area contributed by atoms with Gasteiger partial charge in [-0.1, -0.05) is 12.1 Å². The van der Waals surface area contributed by atoms with Gasteiger partial charge in [0, 0.05) is 43.3 Å². The molecule has 0 aliphatic carbocycles. The van der Waals surface area contributed by atoms with E-state index in [4.69, 9.17) is 13.9 Å². The van der Waals surface area contributed by atoms with Gasteiger partial charge in [0.2, 0.25) is 0 Å². The van der Waals surface area contributed by atoms with Crippen LogP contribution in [0.2, 0.25) is 0 Å². The fraction of sp³-hybridized carbons (Fsp3) is 0.421. The van der Waals surface area contributed by atoms with E-state index in [0.717, 1.165) is 47.6 Å². The lowest BCUT2D eigenvalue weighted by atomic mass is 9.97. The molecule has 1 aromatic carbocycles. The lowest BCUT2D eigenvalue weighted by Gasteiger charge is -2.17. The first-order valence-electron chi connectivity index (χ1n) is 8.61. The van der Waals surface area contributed by atoms with Crippen molar-refractivity contribution in [2.24, 2.45) is 13.0 Å². The fourth-order valence-corrected chi connectivity index (χ4v) is 3.52. The van der Waals surface area contributed by atoms with Gasteiger partial charge >= 0.3 is 0 Å². The van der Waals surface area contributed by atoms with Gasteiger partial charge in [0.15, 0.2) is 11.3 Å². The Labute approximate surface area is 146 Å². The van der Waals surface area contributed by atoms with E-state index in [1.807, 2.05) is 42.3 Å². The number of aromatic nitrogens is 2. The number of fused-ring (bicyclic) bond motifs is 1. The molecule has 1 N–H and O–H groups in total. The molecule has 0 spiro atoms. The topological polar surface area (TPSA) is 61.4 Å². The first-order chi connectivity index (χ1) is 12.2. The van der Waals surface area contributed by atoms with Crippen molar-refractivity contribution in [1.29, 1.82) is 0 Å². The smallest absolute Gasteiger partial charge is 0.176 e. The molecule has 2 aromatic heterocycles. The number of hydrogen-bond acceptors (Lipinski definition) is 5. The Kier molecular flexibility index (Phi) is 4.46. The maximum atomic E-state index is 5.94. The van der Waals surface area contributed by atoms with Crippen LogP contribution in [0.1, 0.15) is 23.8 Å². The first-order valence-corrected chi connectivity index (χ1v) is 8.61. The van der Waals surface area contributed by atoms with Gasteiger partial charge in [0.05, 0.1) is 26.0 Å². The summed E-state index contributed by atoms with van der Waals surface area (Å²) in [6, 6.07) is 7.99. The van der Waals surface area contributed by atoms with E-state index in [1.165, 1.54) is 0 Å². The van der Waals surface area contributed by atoms with Gasteiger partial charge in [-0.2, -0.15) is 5.10 Å². The quantitative estimate of drug-likeness (QED) is 0.747. The van der Waals surface area contributed by atoms with Crippen molar-refractivity contribution in [3.8, 4) is 5.75 Å². The van der Waals surface area contributed by atoms with Gasteiger partial charge in [-0.15, -0.1) is 0 Å². The second kappa shape index (κ2) is 6.90. The molecule has 2 atom stereocenters. The van der Waals surface area contributed by atoms with Crippen LogP contribution in [0.15, 0.2) is 41.1 Å². The van der Waals surface area contributed by atoms with Crippen LogP contribution in [0, 0.1) is 5.92 Å². The Morgan fingerprint density at radius 2 is 2.32 bits per heavy atom. The molecule has 0 saturated carbocycles. The molecular formula is C19H23N3O3. The van der Waals surface area contributed by atoms with Crippen molar-refractivity contribution >= 4 is 11.0 Å². The van der Waals surface area contributed by atoms with E-state index in [9.17, 15) is 0 Å². The van der Waals surface area contributed by atoms with Crippen LogP contribution in [0.25, 0.3) is 11.0 Å². The predicted octanol–water partition coefficient (Wildman–Crippen LogP) is 3.04.